The molecule has 0 radical (unpaired) electrons. The quantitative estimate of drug-likeness (QED) is 0.251. The molecule has 2 aromatic carbocycles. The number of hydrogen-bond acceptors (Lipinski definition) is 10. The van der Waals surface area contributed by atoms with Crippen molar-refractivity contribution in [2.75, 3.05) is 12.4 Å². The Kier molecular flexibility index (Phi) is 12.1. The van der Waals surface area contributed by atoms with Gasteiger partial charge in [0, 0.05) is 29.4 Å². The topological polar surface area (TPSA) is 129 Å². The summed E-state index contributed by atoms with van der Waals surface area (Å²) in [4.78, 5) is 49.8. The first kappa shape index (κ1) is 38.9. The van der Waals surface area contributed by atoms with Gasteiger partial charge in [-0.1, -0.05) is 53.2 Å². The number of thioether (sulfide) groups is 1. The molecule has 0 saturated heterocycles. The van der Waals surface area contributed by atoms with Crippen molar-refractivity contribution >= 4 is 63.9 Å². The minimum atomic E-state index is -1.45. The summed E-state index contributed by atoms with van der Waals surface area (Å²) in [5.41, 5.74) is -3.29. The molecule has 2 heterocycles. The molecule has 1 aliphatic heterocycles. The molecule has 3 aromatic rings. The molecule has 11 nitrogen and oxygen atoms in total. The number of halogens is 3. The van der Waals surface area contributed by atoms with Crippen LogP contribution in [0.15, 0.2) is 59.7 Å². The maximum Gasteiger partial charge on any atom is 0.426 e. The van der Waals surface area contributed by atoms with Gasteiger partial charge in [-0.3, -0.25) is 4.79 Å². The van der Waals surface area contributed by atoms with E-state index in [9.17, 15) is 14.4 Å². The molecule has 0 saturated carbocycles. The van der Waals surface area contributed by atoms with Crippen molar-refractivity contribution in [3.8, 4) is 5.75 Å². The average Bonchev–Trinajstić information content (AvgIpc) is 2.99. The number of amides is 3. The minimum absolute atomic E-state index is 0.0299. The zero-order chi connectivity index (χ0) is 37.0. The molecule has 0 fully saturated rings. The molecule has 15 heteroatoms. The second kappa shape index (κ2) is 15.5. The molecule has 2 atom stereocenters. The van der Waals surface area contributed by atoms with Crippen LogP contribution in [0.25, 0.3) is 0 Å². The molecule has 0 bridgehead atoms. The van der Waals surface area contributed by atoms with Gasteiger partial charge in [-0.2, -0.15) is 4.90 Å². The fraction of sp³-hybridized carbons (Fsp3) is 0.400. The molecule has 268 valence electrons. The van der Waals surface area contributed by atoms with Gasteiger partial charge in [0.1, 0.15) is 33.9 Å². The van der Waals surface area contributed by atoms with Crippen molar-refractivity contribution < 1.29 is 37.7 Å². The monoisotopic (exact) mass is 748 g/mol. The Morgan fingerprint density at radius 2 is 1.66 bits per heavy atom. The van der Waals surface area contributed by atoms with E-state index in [1.165, 1.54) is 30.5 Å². The molecule has 0 aliphatic carbocycles. The number of amidine groups is 1. The van der Waals surface area contributed by atoms with E-state index in [4.69, 9.17) is 47.1 Å². The van der Waals surface area contributed by atoms with Gasteiger partial charge in [0.2, 0.25) is 0 Å². The third kappa shape index (κ3) is 10.1. The number of imide groups is 1. The van der Waals surface area contributed by atoms with Gasteiger partial charge in [0.05, 0.1) is 29.3 Å². The number of ether oxygens (including phenoxy) is 4. The van der Waals surface area contributed by atoms with Crippen molar-refractivity contribution in [1.29, 1.82) is 0 Å². The van der Waals surface area contributed by atoms with E-state index in [1.807, 2.05) is 18.2 Å². The van der Waals surface area contributed by atoms with E-state index in [-0.39, 0.29) is 45.2 Å². The predicted octanol–water partition coefficient (Wildman–Crippen LogP) is 9.21. The van der Waals surface area contributed by atoms with Crippen molar-refractivity contribution in [2.24, 2.45) is 4.99 Å². The molecule has 50 heavy (non-hydrogen) atoms. The Morgan fingerprint density at radius 1 is 1.02 bits per heavy atom. The zero-order valence-corrected chi connectivity index (χ0v) is 31.3. The number of aromatic nitrogens is 1. The van der Waals surface area contributed by atoms with E-state index in [0.717, 1.165) is 17.3 Å². The fourth-order valence-corrected chi connectivity index (χ4v) is 6.52. The van der Waals surface area contributed by atoms with Crippen LogP contribution >= 0.6 is 35.0 Å². The van der Waals surface area contributed by atoms with Gasteiger partial charge < -0.3 is 24.3 Å². The predicted molar refractivity (Wildman–Crippen MR) is 191 cm³/mol. The Labute approximate surface area is 304 Å². The highest BCUT2D eigenvalue weighted by molar-refractivity contribution is 8.14. The summed E-state index contributed by atoms with van der Waals surface area (Å²) in [5.74, 6) is -0.719. The van der Waals surface area contributed by atoms with Gasteiger partial charge in [0.25, 0.3) is 5.91 Å². The molecule has 1 aromatic heterocycles. The summed E-state index contributed by atoms with van der Waals surface area (Å²) in [5, 5.41) is 2.82. The lowest BCUT2D eigenvalue weighted by Gasteiger charge is -2.38. The number of pyridine rings is 1. The highest BCUT2D eigenvalue weighted by Gasteiger charge is 2.44. The van der Waals surface area contributed by atoms with Crippen LogP contribution in [0, 0.1) is 5.82 Å². The van der Waals surface area contributed by atoms with E-state index < -0.39 is 46.1 Å². The molecule has 1 unspecified atom stereocenters. The smallest absolute Gasteiger partial charge is 0.426 e. The first-order valence-corrected chi connectivity index (χ1v) is 17.1. The second-order valence-corrected chi connectivity index (χ2v) is 15.4. The number of anilines is 1. The Morgan fingerprint density at radius 3 is 2.26 bits per heavy atom. The van der Waals surface area contributed by atoms with Gasteiger partial charge in [-0.05, 0) is 78.8 Å². The van der Waals surface area contributed by atoms with Gasteiger partial charge >= 0.3 is 12.2 Å². The minimum Gasteiger partial charge on any atom is -0.496 e. The molecule has 1 aliphatic rings. The van der Waals surface area contributed by atoms with Crippen molar-refractivity contribution in [3.05, 3.63) is 87.4 Å². The maximum atomic E-state index is 15.8. The molecular weight excluding hydrogens is 710 g/mol. The molecule has 3 amide bonds. The summed E-state index contributed by atoms with van der Waals surface area (Å²) in [6.45, 7) is 11.6. The van der Waals surface area contributed by atoms with Crippen molar-refractivity contribution in [1.82, 2.24) is 9.88 Å². The van der Waals surface area contributed by atoms with Crippen LogP contribution in [0.3, 0.4) is 0 Å². The van der Waals surface area contributed by atoms with Crippen LogP contribution < -0.4 is 10.1 Å². The molecule has 0 spiro atoms. The van der Waals surface area contributed by atoms with E-state index in [1.54, 1.807) is 61.6 Å². The number of aliphatic imine (C=N–C) groups is 1. The average molecular weight is 750 g/mol. The summed E-state index contributed by atoms with van der Waals surface area (Å²) in [7, 11) is 1.54. The van der Waals surface area contributed by atoms with E-state index >= 15 is 4.39 Å². The third-order valence-electron chi connectivity index (χ3n) is 6.93. The van der Waals surface area contributed by atoms with Crippen LogP contribution in [-0.4, -0.2) is 56.9 Å². The van der Waals surface area contributed by atoms with E-state index in [2.05, 4.69) is 10.3 Å². The summed E-state index contributed by atoms with van der Waals surface area (Å²) < 4.78 is 38.8. The van der Waals surface area contributed by atoms with Crippen molar-refractivity contribution in [3.63, 3.8) is 0 Å². The number of para-hydroxylation sites is 1. The lowest BCUT2D eigenvalue weighted by atomic mass is 9.88. The number of benzene rings is 2. The highest BCUT2D eigenvalue weighted by atomic mass is 35.5. The Bertz CT molecular complexity index is 1770. The van der Waals surface area contributed by atoms with Gasteiger partial charge in [0.15, 0.2) is 5.17 Å². The SMILES string of the molecule is COc1ccccc1COC1C[C@@](C)(c2cc(NC(=O)c3ncc(Cl)cc3Cl)ccc2F)N=C(N(C(=O)OC(C)(C)C)C(=O)OC(C)(C)C)S1. The number of carbonyl (C=O) groups is 3. The number of nitrogens with one attached hydrogen (secondary N) is 1. The van der Waals surface area contributed by atoms with Crippen LogP contribution in [0.2, 0.25) is 10.0 Å². The molecular formula is C35H39Cl2FN4O7S. The normalized spacial score (nSPS) is 17.7. The first-order valence-electron chi connectivity index (χ1n) is 15.5. The fourth-order valence-electron chi connectivity index (χ4n) is 4.77. The summed E-state index contributed by atoms with van der Waals surface area (Å²) >= 11 is 13.1. The van der Waals surface area contributed by atoms with Crippen LogP contribution in [-0.2, 0) is 26.4 Å². The summed E-state index contributed by atoms with van der Waals surface area (Å²) in [6, 6.07) is 12.6. The lowest BCUT2D eigenvalue weighted by molar-refractivity contribution is 0.0148. The number of nitrogens with zero attached hydrogens (tertiary/aromatic N) is 3. The number of hydrogen-bond donors (Lipinski definition) is 1. The third-order valence-corrected chi connectivity index (χ3v) is 8.48. The molecule has 4 rings (SSSR count). The van der Waals surface area contributed by atoms with Crippen LogP contribution in [0.1, 0.15) is 76.5 Å². The standard InChI is InChI=1S/C35H39Cl2FN4O7S/c1-33(2,3)48-31(44)42(32(45)49-34(4,5)6)30-41-35(7,17-27(50-30)47-19-20-11-9-10-12-26(20)46-8)23-16-22(13-14-25(23)38)40-29(43)28-24(37)15-21(36)18-39-28/h9-16,18,27H,17,19H2,1-8H3,(H,40,43)/t27?,35-/m0/s1. The van der Waals surface area contributed by atoms with Crippen molar-refractivity contribution in [2.45, 2.75) is 83.7 Å². The van der Waals surface area contributed by atoms with Gasteiger partial charge in [-0.25, -0.2) is 24.0 Å². The van der Waals surface area contributed by atoms with Crippen LogP contribution in [0.4, 0.5) is 19.7 Å². The highest BCUT2D eigenvalue weighted by Crippen LogP contribution is 2.43. The number of carbonyl (C=O) groups excluding carboxylic acids is 3. The Hall–Kier alpha value is -3.91. The van der Waals surface area contributed by atoms with E-state index in [0.29, 0.717) is 10.6 Å². The number of rotatable bonds is 7. The molecule has 1 N–H and O–H groups in total. The second-order valence-electron chi connectivity index (χ2n) is 13.5. The largest absolute Gasteiger partial charge is 0.496 e. The van der Waals surface area contributed by atoms with Gasteiger partial charge in [-0.15, -0.1) is 0 Å². The van der Waals surface area contributed by atoms with Crippen LogP contribution in [0.5, 0.6) is 5.75 Å². The number of methoxy groups -OCH3 is 1. The Balaban J connectivity index is 1.79. The lowest BCUT2D eigenvalue weighted by Crippen LogP contribution is -2.49. The maximum absolute atomic E-state index is 15.8. The zero-order valence-electron chi connectivity index (χ0n) is 28.9. The summed E-state index contributed by atoms with van der Waals surface area (Å²) in [6.07, 6.45) is -0.716. The first-order chi connectivity index (χ1) is 23.3.